The molecule has 1 unspecified atom stereocenters. The number of sulfonamides is 1. The molecule has 8 rings (SSSR count). The maximum atomic E-state index is 14.4. The van der Waals surface area contributed by atoms with Crippen molar-refractivity contribution < 1.29 is 27.1 Å². The third-order valence-corrected chi connectivity index (χ3v) is 11.9. The zero-order valence-corrected chi connectivity index (χ0v) is 33.3. The van der Waals surface area contributed by atoms with Crippen LogP contribution in [0.25, 0.3) is 21.9 Å². The number of hydrogen-bond donors (Lipinski definition) is 1. The summed E-state index contributed by atoms with van der Waals surface area (Å²) in [5, 5.41) is 5.56. The number of nitrogens with one attached hydrogen (secondary N) is 1. The molecule has 59 heavy (non-hydrogen) atoms. The van der Waals surface area contributed by atoms with Crippen molar-refractivity contribution in [2.24, 2.45) is 0 Å². The van der Waals surface area contributed by atoms with Crippen LogP contribution in [0, 0.1) is 0 Å². The number of Topliss-reactive ketones (excluding diaryl/α,β-unsaturated/α-hetero) is 1. The Hall–Kier alpha value is -6.68. The number of furan rings is 1. The zero-order chi connectivity index (χ0) is 40.4. The standard InChI is InChI=1S/C50H44N2O6S/c53-47(33-51-45(40-21-11-4-12-22-40)29-30-56-42-26-27-44-43-23-13-14-24-48(43)58-50(44)32-42)41-25-28-49(57-35-38-17-7-2-8-18-38)46(31-41)52(34-37-15-5-1-6-16-37)59(54,55)36-39-19-9-3-10-20-39/h1-28,31-32,45,51H,29-30,33-36H2. The lowest BCUT2D eigenvalue weighted by atomic mass is 10.0. The zero-order valence-electron chi connectivity index (χ0n) is 32.4. The Morgan fingerprint density at radius 1 is 0.627 bits per heavy atom. The summed E-state index contributed by atoms with van der Waals surface area (Å²) in [6, 6.07) is 56.8. The Morgan fingerprint density at radius 3 is 1.98 bits per heavy atom. The lowest BCUT2D eigenvalue weighted by molar-refractivity contribution is 0.0985. The molecule has 8 nitrogen and oxygen atoms in total. The van der Waals surface area contributed by atoms with Gasteiger partial charge in [-0.1, -0.05) is 140 Å². The third-order valence-electron chi connectivity index (χ3n) is 10.2. The summed E-state index contributed by atoms with van der Waals surface area (Å²) in [7, 11) is -3.98. The van der Waals surface area contributed by atoms with E-state index in [9.17, 15) is 13.2 Å². The number of rotatable bonds is 18. The highest BCUT2D eigenvalue weighted by Gasteiger charge is 2.28. The fraction of sp³-hybridized carbons (Fsp3) is 0.140. The van der Waals surface area contributed by atoms with E-state index in [0.29, 0.717) is 41.3 Å². The minimum absolute atomic E-state index is 0.00359. The highest BCUT2D eigenvalue weighted by atomic mass is 32.2. The van der Waals surface area contributed by atoms with Gasteiger partial charge in [-0.3, -0.25) is 9.10 Å². The van der Waals surface area contributed by atoms with Crippen molar-refractivity contribution in [3.63, 3.8) is 0 Å². The van der Waals surface area contributed by atoms with Crippen molar-refractivity contribution >= 4 is 43.4 Å². The van der Waals surface area contributed by atoms with Crippen LogP contribution >= 0.6 is 0 Å². The fourth-order valence-corrected chi connectivity index (χ4v) is 8.73. The minimum atomic E-state index is -3.98. The van der Waals surface area contributed by atoms with Crippen LogP contribution in [0.15, 0.2) is 186 Å². The van der Waals surface area contributed by atoms with Crippen molar-refractivity contribution in [1.29, 1.82) is 0 Å². The molecule has 0 aliphatic carbocycles. The molecule has 1 atom stereocenters. The van der Waals surface area contributed by atoms with E-state index in [1.807, 2.05) is 152 Å². The van der Waals surface area contributed by atoms with Crippen LogP contribution in [0.3, 0.4) is 0 Å². The number of hydrogen-bond acceptors (Lipinski definition) is 7. The number of para-hydroxylation sites is 1. The summed E-state index contributed by atoms with van der Waals surface area (Å²) < 4.78 is 48.9. The lowest BCUT2D eigenvalue weighted by Gasteiger charge is -2.27. The fourth-order valence-electron chi connectivity index (χ4n) is 7.17. The average Bonchev–Trinajstić information content (AvgIpc) is 3.65. The van der Waals surface area contributed by atoms with Crippen LogP contribution in [0.5, 0.6) is 11.5 Å². The topological polar surface area (TPSA) is 98.1 Å². The van der Waals surface area contributed by atoms with Crippen molar-refractivity contribution in [3.8, 4) is 11.5 Å². The summed E-state index contributed by atoms with van der Waals surface area (Å²) in [4.78, 5) is 14.1. The Morgan fingerprint density at radius 2 is 1.25 bits per heavy atom. The molecule has 8 aromatic rings. The van der Waals surface area contributed by atoms with Gasteiger partial charge in [0.2, 0.25) is 10.0 Å². The first-order chi connectivity index (χ1) is 28.9. The van der Waals surface area contributed by atoms with Gasteiger partial charge in [-0.05, 0) is 58.7 Å². The molecule has 7 aromatic carbocycles. The van der Waals surface area contributed by atoms with E-state index in [2.05, 4.69) is 5.32 Å². The number of carbonyl (C=O) groups is 1. The quantitative estimate of drug-likeness (QED) is 0.0863. The monoisotopic (exact) mass is 800 g/mol. The summed E-state index contributed by atoms with van der Waals surface area (Å²) >= 11 is 0. The molecule has 1 N–H and O–H groups in total. The molecule has 0 fully saturated rings. The summed E-state index contributed by atoms with van der Waals surface area (Å²) in [6.45, 7) is 0.655. The van der Waals surface area contributed by atoms with Crippen LogP contribution in [0.2, 0.25) is 0 Å². The highest BCUT2D eigenvalue weighted by molar-refractivity contribution is 7.92. The maximum absolute atomic E-state index is 14.4. The Labute approximate surface area is 344 Å². The van der Waals surface area contributed by atoms with Gasteiger partial charge in [-0.15, -0.1) is 0 Å². The molecule has 0 spiro atoms. The van der Waals surface area contributed by atoms with E-state index in [4.69, 9.17) is 13.9 Å². The van der Waals surface area contributed by atoms with E-state index in [0.717, 1.165) is 38.6 Å². The smallest absolute Gasteiger partial charge is 0.239 e. The van der Waals surface area contributed by atoms with Crippen molar-refractivity contribution in [3.05, 3.63) is 210 Å². The summed E-state index contributed by atoms with van der Waals surface area (Å²) in [6.07, 6.45) is 0.579. The van der Waals surface area contributed by atoms with Gasteiger partial charge >= 0.3 is 0 Å². The summed E-state index contributed by atoms with van der Waals surface area (Å²) in [5.74, 6) is 0.624. The molecule has 1 aromatic heterocycles. The number of nitrogens with zero attached hydrogens (tertiary/aromatic N) is 1. The average molecular weight is 801 g/mol. The van der Waals surface area contributed by atoms with Gasteiger partial charge < -0.3 is 19.2 Å². The van der Waals surface area contributed by atoms with Gasteiger partial charge in [-0.2, -0.15) is 0 Å². The second-order valence-corrected chi connectivity index (χ2v) is 16.2. The largest absolute Gasteiger partial charge is 0.493 e. The SMILES string of the molecule is O=C(CNC(CCOc1ccc2c(c1)oc1ccccc12)c1ccccc1)c1ccc(OCc2ccccc2)c(N(Cc2ccccc2)S(=O)(=O)Cc2ccccc2)c1. The molecule has 1 heterocycles. The first-order valence-electron chi connectivity index (χ1n) is 19.6. The number of carbonyl (C=O) groups excluding carboxylic acids is 1. The van der Waals surface area contributed by atoms with E-state index >= 15 is 0 Å². The Balaban J connectivity index is 1.04. The number of fused-ring (bicyclic) bond motifs is 3. The maximum Gasteiger partial charge on any atom is 0.239 e. The molecule has 0 amide bonds. The normalized spacial score (nSPS) is 12.0. The minimum Gasteiger partial charge on any atom is -0.493 e. The Bertz CT molecular complexity index is 2740. The molecule has 0 bridgehead atoms. The van der Waals surface area contributed by atoms with Gasteiger partial charge in [0.15, 0.2) is 5.78 Å². The first-order valence-corrected chi connectivity index (χ1v) is 21.3. The number of ketones is 1. The number of ether oxygens (including phenoxy) is 2. The van der Waals surface area contributed by atoms with E-state index in [1.54, 1.807) is 30.3 Å². The molecular weight excluding hydrogens is 757 g/mol. The van der Waals surface area contributed by atoms with Crippen LogP contribution < -0.4 is 19.1 Å². The van der Waals surface area contributed by atoms with Crippen LogP contribution in [-0.4, -0.2) is 27.4 Å². The molecule has 0 aliphatic heterocycles. The second kappa shape index (κ2) is 18.3. The molecule has 296 valence electrons. The summed E-state index contributed by atoms with van der Waals surface area (Å²) in [5.41, 5.74) is 5.63. The van der Waals surface area contributed by atoms with Gasteiger partial charge in [0, 0.05) is 34.9 Å². The molecule has 0 aliphatic rings. The van der Waals surface area contributed by atoms with Gasteiger partial charge in [0.1, 0.15) is 29.3 Å². The van der Waals surface area contributed by atoms with Crippen LogP contribution in [0.1, 0.15) is 45.1 Å². The number of anilines is 1. The molecule has 0 saturated heterocycles. The highest BCUT2D eigenvalue weighted by Crippen LogP contribution is 2.35. The van der Waals surface area contributed by atoms with Crippen molar-refractivity contribution in [2.45, 2.75) is 31.4 Å². The van der Waals surface area contributed by atoms with E-state index in [1.165, 1.54) is 4.31 Å². The van der Waals surface area contributed by atoms with Crippen molar-refractivity contribution in [2.75, 3.05) is 17.5 Å². The van der Waals surface area contributed by atoms with Gasteiger partial charge in [0.25, 0.3) is 0 Å². The third kappa shape index (κ3) is 9.72. The number of benzene rings is 7. The van der Waals surface area contributed by atoms with Gasteiger partial charge in [0.05, 0.1) is 31.1 Å². The molecule has 0 radical (unpaired) electrons. The Kier molecular flexibility index (Phi) is 12.1. The van der Waals surface area contributed by atoms with Crippen molar-refractivity contribution in [1.82, 2.24) is 5.32 Å². The predicted molar refractivity (Wildman–Crippen MR) is 234 cm³/mol. The van der Waals surface area contributed by atoms with E-state index < -0.39 is 10.0 Å². The van der Waals surface area contributed by atoms with E-state index in [-0.39, 0.29) is 37.3 Å². The van der Waals surface area contributed by atoms with Crippen LogP contribution in [-0.2, 0) is 28.9 Å². The first kappa shape index (κ1) is 39.2. The molecule has 0 saturated carbocycles. The second-order valence-electron chi connectivity index (χ2n) is 14.4. The van der Waals surface area contributed by atoms with Crippen LogP contribution in [0.4, 0.5) is 5.69 Å². The molecular formula is C50H44N2O6S. The lowest BCUT2D eigenvalue weighted by Crippen LogP contribution is -2.32. The van der Waals surface area contributed by atoms with Gasteiger partial charge in [-0.25, -0.2) is 8.42 Å². The molecule has 9 heteroatoms. The predicted octanol–water partition coefficient (Wildman–Crippen LogP) is 10.7.